The van der Waals surface area contributed by atoms with Gasteiger partial charge in [-0.2, -0.15) is 14.6 Å². The van der Waals surface area contributed by atoms with Crippen LogP contribution < -0.4 is 4.90 Å². The van der Waals surface area contributed by atoms with Crippen LogP contribution in [-0.4, -0.2) is 54.9 Å². The van der Waals surface area contributed by atoms with Gasteiger partial charge in [0.2, 0.25) is 11.9 Å². The van der Waals surface area contributed by atoms with Crippen molar-refractivity contribution in [2.45, 2.75) is 82.3 Å². The highest BCUT2D eigenvalue weighted by Gasteiger charge is 2.49. The van der Waals surface area contributed by atoms with Gasteiger partial charge in [0.1, 0.15) is 6.61 Å². The number of fused-ring (bicyclic) bond motifs is 1. The number of halogens is 2. The zero-order valence-corrected chi connectivity index (χ0v) is 15.2. The predicted molar refractivity (Wildman–Crippen MR) is 92.8 cm³/mol. The number of aliphatic hydroxyl groups excluding tert-OH is 1. The van der Waals surface area contributed by atoms with Crippen LogP contribution in [0.3, 0.4) is 0 Å². The Kier molecular flexibility index (Phi) is 3.87. The van der Waals surface area contributed by atoms with Crippen LogP contribution in [0.25, 0.3) is 5.65 Å². The molecule has 0 amide bonds. The molecule has 4 bridgehead atoms. The van der Waals surface area contributed by atoms with Gasteiger partial charge in [0.25, 0.3) is 0 Å². The molecular weight excluding hydrogens is 356 g/mol. The first-order valence-corrected chi connectivity index (χ1v) is 9.57. The van der Waals surface area contributed by atoms with Gasteiger partial charge in [-0.3, -0.25) is 0 Å². The molecule has 146 valence electrons. The number of hydrogen-bond donors (Lipinski definition) is 1. The van der Waals surface area contributed by atoms with Crippen LogP contribution in [0, 0.1) is 0 Å². The van der Waals surface area contributed by atoms with Crippen LogP contribution in [0.1, 0.15) is 50.5 Å². The zero-order valence-electron chi connectivity index (χ0n) is 15.2. The second-order valence-corrected chi connectivity index (χ2v) is 8.11. The van der Waals surface area contributed by atoms with Crippen molar-refractivity contribution in [2.75, 3.05) is 4.90 Å². The average Bonchev–Trinajstić information content (AvgIpc) is 3.01. The van der Waals surface area contributed by atoms with Crippen molar-refractivity contribution in [3.05, 3.63) is 17.6 Å². The third kappa shape index (κ3) is 3.06. The normalized spacial score (nSPS) is 29.9. The van der Waals surface area contributed by atoms with E-state index in [-0.39, 0.29) is 19.4 Å². The predicted octanol–water partition coefficient (Wildman–Crippen LogP) is 2.10. The molecule has 0 aliphatic carbocycles. The Morgan fingerprint density at radius 3 is 2.44 bits per heavy atom. The Hall–Kier alpha value is -1.87. The highest BCUT2D eigenvalue weighted by Crippen LogP contribution is 2.44. The molecular formula is C18H23F2N5O2. The molecule has 0 aromatic carbocycles. The molecule has 2 aromatic rings. The number of aryl methyl sites for hydroxylation is 1. The first kappa shape index (κ1) is 17.2. The van der Waals surface area contributed by atoms with Gasteiger partial charge in [0.05, 0.1) is 17.9 Å². The van der Waals surface area contributed by atoms with Gasteiger partial charge in [-0.15, -0.1) is 0 Å². The fraction of sp³-hybridized carbons (Fsp3) is 0.722. The second kappa shape index (κ2) is 6.07. The Morgan fingerprint density at radius 2 is 1.85 bits per heavy atom. The molecule has 0 unspecified atom stereocenters. The number of ether oxygens (including phenoxy) is 1. The summed E-state index contributed by atoms with van der Waals surface area (Å²) in [7, 11) is 0. The molecule has 0 atom stereocenters. The molecule has 9 heteroatoms. The maximum Gasteiger partial charge on any atom is 0.245 e. The second-order valence-electron chi connectivity index (χ2n) is 8.11. The standard InChI is InChI=1S/C18H23F2N5O2/c1-18(19,20)3-2-10-4-16-21-15(9-26)22-17(25(16)23-10)24-11-5-13-7-12(24)8-14(6-11)27-13/h4,11-14,26H,2-3,5-9H2,1H3. The van der Waals surface area contributed by atoms with Crippen molar-refractivity contribution in [3.63, 3.8) is 0 Å². The SMILES string of the molecule is CC(F)(F)CCc1cc2nc(CO)nc(N3C4CC5CC3CC(C4)O5)n2n1. The van der Waals surface area contributed by atoms with Gasteiger partial charge in [-0.05, 0) is 39.0 Å². The molecule has 0 spiro atoms. The summed E-state index contributed by atoms with van der Waals surface area (Å²) in [4.78, 5) is 11.2. The summed E-state index contributed by atoms with van der Waals surface area (Å²) in [5.41, 5.74) is 1.11. The van der Waals surface area contributed by atoms with E-state index in [2.05, 4.69) is 20.0 Å². The van der Waals surface area contributed by atoms with Gasteiger partial charge < -0.3 is 14.7 Å². The number of rotatable bonds is 5. The van der Waals surface area contributed by atoms with Crippen molar-refractivity contribution < 1.29 is 18.6 Å². The highest BCUT2D eigenvalue weighted by molar-refractivity contribution is 5.49. The topological polar surface area (TPSA) is 75.8 Å². The molecule has 27 heavy (non-hydrogen) atoms. The summed E-state index contributed by atoms with van der Waals surface area (Å²) in [6.45, 7) is 0.648. The molecule has 4 fully saturated rings. The van der Waals surface area contributed by atoms with E-state index < -0.39 is 5.92 Å². The van der Waals surface area contributed by atoms with Crippen LogP contribution in [0.4, 0.5) is 14.7 Å². The number of piperidine rings is 2. The number of aromatic nitrogens is 4. The van der Waals surface area contributed by atoms with E-state index in [1.807, 2.05) is 0 Å². The van der Waals surface area contributed by atoms with Gasteiger partial charge in [0, 0.05) is 24.6 Å². The third-order valence-corrected chi connectivity index (χ3v) is 5.91. The molecule has 4 aliphatic rings. The smallest absolute Gasteiger partial charge is 0.245 e. The van der Waals surface area contributed by atoms with E-state index >= 15 is 0 Å². The molecule has 1 N–H and O–H groups in total. The van der Waals surface area contributed by atoms with Gasteiger partial charge in [-0.1, -0.05) is 0 Å². The largest absolute Gasteiger partial charge is 0.388 e. The minimum Gasteiger partial charge on any atom is -0.388 e. The first-order valence-electron chi connectivity index (χ1n) is 9.57. The Morgan fingerprint density at radius 1 is 1.19 bits per heavy atom. The van der Waals surface area contributed by atoms with E-state index in [4.69, 9.17) is 4.74 Å². The lowest BCUT2D eigenvalue weighted by molar-refractivity contribution is -0.121. The summed E-state index contributed by atoms with van der Waals surface area (Å²) < 4.78 is 34.1. The lowest BCUT2D eigenvalue weighted by Gasteiger charge is -2.56. The summed E-state index contributed by atoms with van der Waals surface area (Å²) in [6.07, 6.45) is 4.39. The van der Waals surface area contributed by atoms with Gasteiger partial charge >= 0.3 is 0 Å². The summed E-state index contributed by atoms with van der Waals surface area (Å²) in [6, 6.07) is 2.38. The van der Waals surface area contributed by atoms with Crippen LogP contribution in [-0.2, 0) is 17.8 Å². The molecule has 6 heterocycles. The minimum absolute atomic E-state index is 0.172. The van der Waals surface area contributed by atoms with Crippen molar-refractivity contribution in [3.8, 4) is 0 Å². The molecule has 4 saturated heterocycles. The Bertz CT molecular complexity index is 837. The monoisotopic (exact) mass is 379 g/mol. The number of alkyl halides is 2. The van der Waals surface area contributed by atoms with E-state index in [9.17, 15) is 13.9 Å². The average molecular weight is 379 g/mol. The van der Waals surface area contributed by atoms with Crippen molar-refractivity contribution in [1.82, 2.24) is 19.6 Å². The lowest BCUT2D eigenvalue weighted by atomic mass is 9.78. The number of hydrogen-bond acceptors (Lipinski definition) is 6. The Balaban J connectivity index is 1.54. The molecule has 7 nitrogen and oxygen atoms in total. The fourth-order valence-corrected chi connectivity index (χ4v) is 4.85. The number of anilines is 1. The lowest BCUT2D eigenvalue weighted by Crippen LogP contribution is -2.63. The molecule has 4 aliphatic heterocycles. The minimum atomic E-state index is -2.73. The number of nitrogens with zero attached hydrogens (tertiary/aromatic N) is 5. The van der Waals surface area contributed by atoms with E-state index in [0.717, 1.165) is 32.6 Å². The molecule has 6 rings (SSSR count). The fourth-order valence-electron chi connectivity index (χ4n) is 4.85. The highest BCUT2D eigenvalue weighted by atomic mass is 19.3. The van der Waals surface area contributed by atoms with Gasteiger partial charge in [-0.25, -0.2) is 13.8 Å². The van der Waals surface area contributed by atoms with E-state index in [1.165, 1.54) is 0 Å². The maximum atomic E-state index is 13.2. The summed E-state index contributed by atoms with van der Waals surface area (Å²) in [5, 5.41) is 14.1. The van der Waals surface area contributed by atoms with E-state index in [1.54, 1.807) is 10.6 Å². The summed E-state index contributed by atoms with van der Waals surface area (Å²) >= 11 is 0. The molecule has 2 aromatic heterocycles. The summed E-state index contributed by atoms with van der Waals surface area (Å²) in [5.74, 6) is -1.74. The first-order chi connectivity index (χ1) is 12.9. The third-order valence-electron chi connectivity index (χ3n) is 5.91. The molecule has 0 saturated carbocycles. The Labute approximate surface area is 155 Å². The van der Waals surface area contributed by atoms with Crippen LogP contribution in [0.15, 0.2) is 6.07 Å². The van der Waals surface area contributed by atoms with Crippen LogP contribution in [0.5, 0.6) is 0 Å². The maximum absolute atomic E-state index is 13.2. The van der Waals surface area contributed by atoms with Crippen molar-refractivity contribution in [2.24, 2.45) is 0 Å². The quantitative estimate of drug-likeness (QED) is 0.858. The van der Waals surface area contributed by atoms with Crippen LogP contribution >= 0.6 is 0 Å². The van der Waals surface area contributed by atoms with Crippen LogP contribution in [0.2, 0.25) is 0 Å². The zero-order chi connectivity index (χ0) is 18.8. The molecule has 0 radical (unpaired) electrons. The van der Waals surface area contributed by atoms with Gasteiger partial charge in [0.15, 0.2) is 11.5 Å². The van der Waals surface area contributed by atoms with E-state index in [0.29, 0.717) is 47.4 Å². The van der Waals surface area contributed by atoms with Crippen molar-refractivity contribution >= 4 is 11.6 Å². The van der Waals surface area contributed by atoms with Crippen molar-refractivity contribution in [1.29, 1.82) is 0 Å². The number of aliphatic hydroxyl groups is 1.